The predicted octanol–water partition coefficient (Wildman–Crippen LogP) is 5.20. The first kappa shape index (κ1) is 19.6. The summed E-state index contributed by atoms with van der Waals surface area (Å²) < 4.78 is 43.0. The zero-order valence-corrected chi connectivity index (χ0v) is 17.0. The summed E-state index contributed by atoms with van der Waals surface area (Å²) in [4.78, 5) is 14.3. The Morgan fingerprint density at radius 2 is 1.86 bits per heavy atom. The molecular weight excluding hydrogens is 461 g/mol. The van der Waals surface area contributed by atoms with Crippen molar-refractivity contribution < 1.29 is 18.0 Å². The highest BCUT2D eigenvalue weighted by atomic mass is 79.9. The lowest BCUT2D eigenvalue weighted by atomic mass is 9.97. The number of nitrogens with one attached hydrogen (secondary N) is 1. The summed E-state index contributed by atoms with van der Waals surface area (Å²) in [7, 11) is 0. The van der Waals surface area contributed by atoms with Gasteiger partial charge in [-0.2, -0.15) is 18.3 Å². The highest BCUT2D eigenvalue weighted by molar-refractivity contribution is 9.10. The van der Waals surface area contributed by atoms with Crippen LogP contribution in [0.4, 0.5) is 19.0 Å². The lowest BCUT2D eigenvalue weighted by Gasteiger charge is -2.33. The fraction of sp³-hybridized carbons (Fsp3) is 0.444. The van der Waals surface area contributed by atoms with Crippen LogP contribution in [0.1, 0.15) is 47.4 Å². The minimum Gasteiger partial charge on any atom is -0.362 e. The number of likely N-dealkylation sites (tertiary alicyclic amines) is 1. The van der Waals surface area contributed by atoms with E-state index in [0.717, 1.165) is 22.0 Å². The van der Waals surface area contributed by atoms with Crippen molar-refractivity contribution in [3.8, 4) is 0 Å². The molecule has 0 radical (unpaired) electrons. The monoisotopic (exact) mass is 476 g/mol. The first-order valence-corrected chi connectivity index (χ1v) is 10.1. The molecule has 1 aromatic carbocycles. The van der Waals surface area contributed by atoms with Crippen LogP contribution >= 0.6 is 27.5 Å². The Bertz CT molecular complexity index is 893. The molecule has 1 N–H and O–H groups in total. The molecule has 2 aromatic rings. The smallest absolute Gasteiger partial charge is 0.362 e. The Kier molecular flexibility index (Phi) is 5.07. The number of fused-ring (bicyclic) bond motifs is 1. The number of hydrogen-bond donors (Lipinski definition) is 1. The third-order valence-electron chi connectivity index (χ3n) is 5.16. The van der Waals surface area contributed by atoms with E-state index in [9.17, 15) is 18.0 Å². The van der Waals surface area contributed by atoms with Gasteiger partial charge in [0.2, 0.25) is 0 Å². The fourth-order valence-corrected chi connectivity index (χ4v) is 4.23. The topological polar surface area (TPSA) is 50.2 Å². The standard InChI is InChI=1S/C18H17BrClF3N4O/c19-11-5-3-10(4-6-11)12-9-13(18(21,22)23)27-16(24-12)14(20)15(25-27)17(28)26-7-1-2-8-26/h3-6,12-13,24H,1-2,7-9H2/t12-,13+/m1/s1. The summed E-state index contributed by atoms with van der Waals surface area (Å²) in [6.07, 6.45) is -3.03. The summed E-state index contributed by atoms with van der Waals surface area (Å²) in [6.45, 7) is 1.13. The summed E-state index contributed by atoms with van der Waals surface area (Å²) in [5.74, 6) is -0.391. The Hall–Kier alpha value is -1.74. The van der Waals surface area contributed by atoms with Crippen LogP contribution in [0.3, 0.4) is 0 Å². The van der Waals surface area contributed by atoms with E-state index in [-0.39, 0.29) is 23.0 Å². The maximum absolute atomic E-state index is 13.8. The largest absolute Gasteiger partial charge is 0.410 e. The second-order valence-corrected chi connectivity index (χ2v) is 8.29. The molecule has 1 fully saturated rings. The van der Waals surface area contributed by atoms with Gasteiger partial charge in [0, 0.05) is 24.0 Å². The van der Waals surface area contributed by atoms with Gasteiger partial charge in [0.25, 0.3) is 5.91 Å². The summed E-state index contributed by atoms with van der Waals surface area (Å²) >= 11 is 9.66. The zero-order valence-electron chi connectivity index (χ0n) is 14.6. The molecule has 150 valence electrons. The quantitative estimate of drug-likeness (QED) is 0.647. The molecule has 28 heavy (non-hydrogen) atoms. The number of hydrogen-bond acceptors (Lipinski definition) is 3. The second kappa shape index (κ2) is 7.26. The lowest BCUT2D eigenvalue weighted by Crippen LogP contribution is -2.36. The summed E-state index contributed by atoms with van der Waals surface area (Å²) in [6, 6.07) is 4.59. The van der Waals surface area contributed by atoms with Crippen LogP contribution in [0.15, 0.2) is 28.7 Å². The second-order valence-electron chi connectivity index (χ2n) is 7.00. The van der Waals surface area contributed by atoms with Crippen LogP contribution in [-0.4, -0.2) is 39.9 Å². The summed E-state index contributed by atoms with van der Waals surface area (Å²) in [5, 5.41) is 6.98. The Morgan fingerprint density at radius 1 is 1.21 bits per heavy atom. The Balaban J connectivity index is 1.73. The van der Waals surface area contributed by atoms with Gasteiger partial charge in [-0.15, -0.1) is 0 Å². The van der Waals surface area contributed by atoms with Crippen molar-refractivity contribution in [2.45, 2.75) is 37.5 Å². The van der Waals surface area contributed by atoms with E-state index < -0.39 is 24.2 Å². The number of benzene rings is 1. The van der Waals surface area contributed by atoms with Crippen molar-refractivity contribution in [3.05, 3.63) is 45.0 Å². The number of anilines is 1. The van der Waals surface area contributed by atoms with E-state index >= 15 is 0 Å². The number of alkyl halides is 3. The molecule has 10 heteroatoms. The molecule has 5 nitrogen and oxygen atoms in total. The van der Waals surface area contributed by atoms with Gasteiger partial charge >= 0.3 is 6.18 Å². The maximum atomic E-state index is 13.8. The molecule has 2 aliphatic heterocycles. The lowest BCUT2D eigenvalue weighted by molar-refractivity contribution is -0.173. The number of nitrogens with zero attached hydrogens (tertiary/aromatic N) is 3. The fourth-order valence-electron chi connectivity index (χ4n) is 3.71. The van der Waals surface area contributed by atoms with Crippen molar-refractivity contribution in [3.63, 3.8) is 0 Å². The van der Waals surface area contributed by atoms with Crippen LogP contribution in [0.25, 0.3) is 0 Å². The van der Waals surface area contributed by atoms with Crippen LogP contribution in [0, 0.1) is 0 Å². The Morgan fingerprint density at radius 3 is 2.46 bits per heavy atom. The molecule has 4 rings (SSSR count). The third-order valence-corrected chi connectivity index (χ3v) is 6.05. The van der Waals surface area contributed by atoms with E-state index in [0.29, 0.717) is 18.7 Å². The van der Waals surface area contributed by atoms with Crippen molar-refractivity contribution in [1.82, 2.24) is 14.7 Å². The van der Waals surface area contributed by atoms with E-state index in [1.807, 2.05) is 0 Å². The normalized spacial score (nSPS) is 22.1. The van der Waals surface area contributed by atoms with Gasteiger partial charge < -0.3 is 10.2 Å². The Labute approximate surface area is 173 Å². The number of halogens is 5. The minimum atomic E-state index is -4.52. The van der Waals surface area contributed by atoms with Crippen molar-refractivity contribution in [1.29, 1.82) is 0 Å². The van der Waals surface area contributed by atoms with Gasteiger partial charge in [0.1, 0.15) is 10.8 Å². The van der Waals surface area contributed by atoms with Crippen molar-refractivity contribution >= 4 is 39.3 Å². The number of carbonyl (C=O) groups is 1. The molecular formula is C18H17BrClF3N4O. The van der Waals surface area contributed by atoms with E-state index in [1.54, 1.807) is 29.2 Å². The van der Waals surface area contributed by atoms with Crippen LogP contribution in [0.5, 0.6) is 0 Å². The first-order chi connectivity index (χ1) is 13.3. The number of aromatic nitrogens is 2. The molecule has 1 saturated heterocycles. The van der Waals surface area contributed by atoms with E-state index in [1.165, 1.54) is 0 Å². The molecule has 0 saturated carbocycles. The molecule has 1 aromatic heterocycles. The third kappa shape index (κ3) is 3.50. The molecule has 0 aliphatic carbocycles. The molecule has 3 heterocycles. The molecule has 0 unspecified atom stereocenters. The minimum absolute atomic E-state index is 0.0331. The van der Waals surface area contributed by atoms with Gasteiger partial charge in [-0.1, -0.05) is 39.7 Å². The SMILES string of the molecule is O=C(c1nn2c(c1Cl)N[C@@H](c1ccc(Br)cc1)C[C@H]2C(F)(F)F)N1CCCC1. The van der Waals surface area contributed by atoms with Crippen LogP contribution < -0.4 is 5.32 Å². The molecule has 1 amide bonds. The van der Waals surface area contributed by atoms with Crippen molar-refractivity contribution in [2.24, 2.45) is 0 Å². The van der Waals surface area contributed by atoms with Crippen LogP contribution in [-0.2, 0) is 0 Å². The van der Waals surface area contributed by atoms with Gasteiger partial charge in [0.15, 0.2) is 11.7 Å². The number of carbonyl (C=O) groups excluding carboxylic acids is 1. The average Bonchev–Trinajstić information content (AvgIpc) is 3.29. The highest BCUT2D eigenvalue weighted by Gasteiger charge is 2.48. The van der Waals surface area contributed by atoms with Crippen molar-refractivity contribution in [2.75, 3.05) is 18.4 Å². The number of rotatable bonds is 2. The predicted molar refractivity (Wildman–Crippen MR) is 103 cm³/mol. The van der Waals surface area contributed by atoms with Gasteiger partial charge in [-0.3, -0.25) is 4.79 Å². The highest BCUT2D eigenvalue weighted by Crippen LogP contribution is 2.46. The number of amides is 1. The van der Waals surface area contributed by atoms with Crippen LogP contribution in [0.2, 0.25) is 5.02 Å². The van der Waals surface area contributed by atoms with Gasteiger partial charge in [-0.05, 0) is 30.5 Å². The molecule has 0 bridgehead atoms. The summed E-state index contributed by atoms with van der Waals surface area (Å²) in [5.41, 5.74) is 0.574. The first-order valence-electron chi connectivity index (χ1n) is 8.91. The zero-order chi connectivity index (χ0) is 20.1. The van der Waals surface area contributed by atoms with Gasteiger partial charge in [0.05, 0.1) is 6.04 Å². The average molecular weight is 478 g/mol. The van der Waals surface area contributed by atoms with Gasteiger partial charge in [-0.25, -0.2) is 4.68 Å². The molecule has 2 atom stereocenters. The molecule has 2 aliphatic rings. The van der Waals surface area contributed by atoms with E-state index in [2.05, 4.69) is 26.3 Å². The maximum Gasteiger partial charge on any atom is 0.410 e. The van der Waals surface area contributed by atoms with E-state index in [4.69, 9.17) is 11.6 Å². The molecule has 0 spiro atoms.